The highest BCUT2D eigenvalue weighted by atomic mass is 35.5. The highest BCUT2D eigenvalue weighted by molar-refractivity contribution is 6.31. The number of hydrogen-bond donors (Lipinski definition) is 2. The fraction of sp³-hybridized carbons (Fsp3) is 0. The van der Waals surface area contributed by atoms with E-state index in [9.17, 15) is 9.59 Å². The maximum absolute atomic E-state index is 11.9. The Morgan fingerprint density at radius 1 is 1.40 bits per heavy atom. The van der Waals surface area contributed by atoms with Crippen LogP contribution in [0.4, 0.5) is 0 Å². The van der Waals surface area contributed by atoms with Gasteiger partial charge in [-0.15, -0.1) is 0 Å². The van der Waals surface area contributed by atoms with E-state index in [2.05, 4.69) is 15.1 Å². The van der Waals surface area contributed by atoms with Gasteiger partial charge >= 0.3 is 5.97 Å². The third-order valence-electron chi connectivity index (χ3n) is 2.70. The molecule has 20 heavy (non-hydrogen) atoms. The third-order valence-corrected chi connectivity index (χ3v) is 2.94. The molecule has 0 fully saturated rings. The van der Waals surface area contributed by atoms with E-state index in [-0.39, 0.29) is 17.1 Å². The zero-order valence-corrected chi connectivity index (χ0v) is 10.6. The molecular weight excluding hydrogens is 284 g/mol. The topological polar surface area (TPSA) is 101 Å². The van der Waals surface area contributed by atoms with E-state index in [4.69, 9.17) is 16.7 Å². The lowest BCUT2D eigenvalue weighted by Crippen LogP contribution is -2.13. The van der Waals surface area contributed by atoms with Crippen molar-refractivity contribution in [3.63, 3.8) is 0 Å². The molecule has 0 radical (unpaired) electrons. The molecule has 2 aromatic heterocycles. The number of H-pyrrole nitrogens is 1. The number of aromatic amines is 1. The van der Waals surface area contributed by atoms with Crippen molar-refractivity contribution >= 4 is 28.5 Å². The van der Waals surface area contributed by atoms with E-state index in [1.54, 1.807) is 18.2 Å². The van der Waals surface area contributed by atoms with Gasteiger partial charge in [0.1, 0.15) is 0 Å². The Morgan fingerprint density at radius 2 is 2.20 bits per heavy atom. The molecule has 0 saturated carbocycles. The SMILES string of the molecule is O=C(O)c1cnn(-c2nc3cc(Cl)ccc3c(=O)[nH]2)c1. The van der Waals surface area contributed by atoms with Crippen molar-refractivity contribution in [1.29, 1.82) is 0 Å². The number of halogens is 1. The van der Waals surface area contributed by atoms with E-state index in [0.717, 1.165) is 0 Å². The molecule has 0 aliphatic rings. The number of aromatic nitrogens is 4. The lowest BCUT2D eigenvalue weighted by molar-refractivity contribution is 0.0697. The van der Waals surface area contributed by atoms with Crippen molar-refractivity contribution in [2.24, 2.45) is 0 Å². The predicted molar refractivity (Wildman–Crippen MR) is 71.5 cm³/mol. The minimum atomic E-state index is -1.11. The zero-order valence-electron chi connectivity index (χ0n) is 9.87. The Balaban J connectivity index is 2.20. The maximum atomic E-state index is 11.9. The van der Waals surface area contributed by atoms with Crippen LogP contribution < -0.4 is 5.56 Å². The first kappa shape index (κ1) is 12.4. The second-order valence-corrected chi connectivity index (χ2v) is 4.47. The van der Waals surface area contributed by atoms with Gasteiger partial charge in [0.15, 0.2) is 0 Å². The van der Waals surface area contributed by atoms with Crippen molar-refractivity contribution < 1.29 is 9.90 Å². The van der Waals surface area contributed by atoms with E-state index in [0.29, 0.717) is 15.9 Å². The van der Waals surface area contributed by atoms with Crippen LogP contribution in [-0.4, -0.2) is 30.8 Å². The van der Waals surface area contributed by atoms with Gasteiger partial charge in [-0.3, -0.25) is 9.78 Å². The summed E-state index contributed by atoms with van der Waals surface area (Å²) in [5.41, 5.74) is 0.0523. The van der Waals surface area contributed by atoms with Gasteiger partial charge in [0.05, 0.1) is 22.7 Å². The smallest absolute Gasteiger partial charge is 0.338 e. The molecule has 0 atom stereocenters. The predicted octanol–water partition coefficient (Wildman–Crippen LogP) is 1.46. The Kier molecular flexibility index (Phi) is 2.76. The Bertz CT molecular complexity index is 884. The number of carboxylic acids is 1. The monoisotopic (exact) mass is 290 g/mol. The van der Waals surface area contributed by atoms with Gasteiger partial charge in [0.2, 0.25) is 5.95 Å². The fourth-order valence-corrected chi connectivity index (χ4v) is 1.92. The molecule has 2 heterocycles. The molecule has 0 amide bonds. The van der Waals surface area contributed by atoms with Gasteiger partial charge in [-0.25, -0.2) is 14.5 Å². The molecule has 3 aromatic rings. The number of benzene rings is 1. The molecule has 1 aromatic carbocycles. The van der Waals surface area contributed by atoms with Crippen LogP contribution in [0.5, 0.6) is 0 Å². The van der Waals surface area contributed by atoms with Crippen LogP contribution in [-0.2, 0) is 0 Å². The fourth-order valence-electron chi connectivity index (χ4n) is 1.76. The van der Waals surface area contributed by atoms with E-state index < -0.39 is 5.97 Å². The first-order valence-corrected chi connectivity index (χ1v) is 5.90. The molecule has 0 aliphatic heterocycles. The molecular formula is C12H7ClN4O3. The van der Waals surface area contributed by atoms with Crippen LogP contribution in [0, 0.1) is 0 Å². The Labute approximate surface area is 116 Å². The van der Waals surface area contributed by atoms with Gasteiger partial charge < -0.3 is 5.11 Å². The first-order chi connectivity index (χ1) is 9.54. The standard InChI is InChI=1S/C12H7ClN4O3/c13-7-1-2-8-9(3-7)15-12(16-10(8)18)17-5-6(4-14-17)11(19)20/h1-5H,(H,19,20)(H,15,16,18). The highest BCUT2D eigenvalue weighted by Gasteiger charge is 2.10. The van der Waals surface area contributed by atoms with E-state index in [1.807, 2.05) is 0 Å². The summed E-state index contributed by atoms with van der Waals surface area (Å²) in [6.45, 7) is 0. The third kappa shape index (κ3) is 2.04. The number of carboxylic acid groups (broad SMARTS) is 1. The summed E-state index contributed by atoms with van der Waals surface area (Å²) in [5, 5.41) is 13.5. The van der Waals surface area contributed by atoms with E-state index in [1.165, 1.54) is 17.1 Å². The molecule has 8 heteroatoms. The second kappa shape index (κ2) is 4.46. The second-order valence-electron chi connectivity index (χ2n) is 4.03. The molecule has 0 spiro atoms. The molecule has 0 aliphatic carbocycles. The van der Waals surface area contributed by atoms with Crippen molar-refractivity contribution in [1.82, 2.24) is 19.7 Å². The van der Waals surface area contributed by atoms with Crippen LogP contribution in [0.15, 0.2) is 35.4 Å². The lowest BCUT2D eigenvalue weighted by Gasteiger charge is -2.02. The maximum Gasteiger partial charge on any atom is 0.338 e. The summed E-state index contributed by atoms with van der Waals surface area (Å²) in [7, 11) is 0. The molecule has 0 saturated heterocycles. The van der Waals surface area contributed by atoms with Crippen LogP contribution in [0.3, 0.4) is 0 Å². The molecule has 2 N–H and O–H groups in total. The molecule has 100 valence electrons. The van der Waals surface area contributed by atoms with Crippen LogP contribution in [0.25, 0.3) is 16.9 Å². The summed E-state index contributed by atoms with van der Waals surface area (Å²) in [6.07, 6.45) is 2.43. The van der Waals surface area contributed by atoms with E-state index >= 15 is 0 Å². The summed E-state index contributed by atoms with van der Waals surface area (Å²) in [5.74, 6) is -0.986. The summed E-state index contributed by atoms with van der Waals surface area (Å²) in [4.78, 5) is 29.5. The zero-order chi connectivity index (χ0) is 14.3. The number of carbonyl (C=O) groups is 1. The minimum Gasteiger partial charge on any atom is -0.478 e. The number of fused-ring (bicyclic) bond motifs is 1. The van der Waals surface area contributed by atoms with Gasteiger partial charge in [0, 0.05) is 11.2 Å². The minimum absolute atomic E-state index is 0.00107. The summed E-state index contributed by atoms with van der Waals surface area (Å²) in [6, 6.07) is 4.72. The molecule has 0 bridgehead atoms. The molecule has 7 nitrogen and oxygen atoms in total. The summed E-state index contributed by atoms with van der Waals surface area (Å²) < 4.78 is 1.19. The normalized spacial score (nSPS) is 10.8. The molecule has 0 unspecified atom stereocenters. The lowest BCUT2D eigenvalue weighted by atomic mass is 10.2. The van der Waals surface area contributed by atoms with Gasteiger partial charge in [0.25, 0.3) is 5.56 Å². The Morgan fingerprint density at radius 3 is 2.90 bits per heavy atom. The van der Waals surface area contributed by atoms with Gasteiger partial charge in [-0.1, -0.05) is 11.6 Å². The highest BCUT2D eigenvalue weighted by Crippen LogP contribution is 2.15. The number of nitrogens with one attached hydrogen (secondary N) is 1. The van der Waals surface area contributed by atoms with Crippen molar-refractivity contribution in [3.8, 4) is 5.95 Å². The number of hydrogen-bond acceptors (Lipinski definition) is 4. The van der Waals surface area contributed by atoms with Gasteiger partial charge in [-0.05, 0) is 18.2 Å². The number of aromatic carboxylic acids is 1. The van der Waals surface area contributed by atoms with Crippen LogP contribution in [0.1, 0.15) is 10.4 Å². The van der Waals surface area contributed by atoms with Gasteiger partial charge in [-0.2, -0.15) is 5.10 Å². The van der Waals surface area contributed by atoms with Crippen LogP contribution in [0.2, 0.25) is 5.02 Å². The summed E-state index contributed by atoms with van der Waals surface area (Å²) >= 11 is 5.86. The Hall–Kier alpha value is -2.67. The largest absolute Gasteiger partial charge is 0.478 e. The number of nitrogens with zero attached hydrogens (tertiary/aromatic N) is 3. The van der Waals surface area contributed by atoms with Crippen molar-refractivity contribution in [2.75, 3.05) is 0 Å². The van der Waals surface area contributed by atoms with Crippen LogP contribution >= 0.6 is 11.6 Å². The first-order valence-electron chi connectivity index (χ1n) is 5.52. The van der Waals surface area contributed by atoms with Crippen molar-refractivity contribution in [3.05, 3.63) is 51.5 Å². The average Bonchev–Trinajstić information content (AvgIpc) is 2.87. The van der Waals surface area contributed by atoms with Crippen molar-refractivity contribution in [2.45, 2.75) is 0 Å². The molecule has 3 rings (SSSR count). The quantitative estimate of drug-likeness (QED) is 0.744. The number of rotatable bonds is 2. The average molecular weight is 291 g/mol.